The second kappa shape index (κ2) is 5.43. The lowest BCUT2D eigenvalue weighted by molar-refractivity contribution is -0.118. The van der Waals surface area contributed by atoms with Crippen molar-refractivity contribution in [3.05, 3.63) is 28.0 Å². The fourth-order valence-electron chi connectivity index (χ4n) is 2.03. The van der Waals surface area contributed by atoms with Crippen LogP contribution in [0.15, 0.2) is 12.1 Å². The van der Waals surface area contributed by atoms with Gasteiger partial charge in [-0.2, -0.15) is 0 Å². The van der Waals surface area contributed by atoms with Gasteiger partial charge in [-0.25, -0.2) is 4.39 Å². The van der Waals surface area contributed by atoms with Crippen molar-refractivity contribution in [2.75, 3.05) is 11.9 Å². The van der Waals surface area contributed by atoms with E-state index in [2.05, 4.69) is 10.6 Å². The van der Waals surface area contributed by atoms with Crippen molar-refractivity contribution in [2.45, 2.75) is 19.4 Å². The Kier molecular flexibility index (Phi) is 4.10. The van der Waals surface area contributed by atoms with Crippen molar-refractivity contribution in [2.24, 2.45) is 5.92 Å². The lowest BCUT2D eigenvalue weighted by Crippen LogP contribution is -2.39. The quantitative estimate of drug-likeness (QED) is 0.822. The molecule has 1 aromatic carbocycles. The largest absolute Gasteiger partial charge is 0.325 e. The molecule has 1 heterocycles. The van der Waals surface area contributed by atoms with Crippen LogP contribution < -0.4 is 10.6 Å². The predicted molar refractivity (Wildman–Crippen MR) is 70.6 cm³/mol. The van der Waals surface area contributed by atoms with Crippen molar-refractivity contribution < 1.29 is 9.18 Å². The molecule has 2 atom stereocenters. The number of hydrogen-bond donors (Lipinski definition) is 2. The number of benzene rings is 1. The van der Waals surface area contributed by atoms with E-state index in [0.29, 0.717) is 5.69 Å². The predicted octanol–water partition coefficient (Wildman–Crippen LogP) is 3.07. The minimum Gasteiger partial charge on any atom is -0.325 e. The van der Waals surface area contributed by atoms with Gasteiger partial charge in [0.25, 0.3) is 0 Å². The van der Waals surface area contributed by atoms with E-state index < -0.39 is 5.82 Å². The normalized spacial score (nSPS) is 23.1. The van der Waals surface area contributed by atoms with Crippen LogP contribution in [-0.2, 0) is 4.79 Å². The smallest absolute Gasteiger partial charge is 0.241 e. The molecule has 3 nitrogen and oxygen atoms in total. The topological polar surface area (TPSA) is 41.1 Å². The zero-order chi connectivity index (χ0) is 13.3. The Morgan fingerprint density at radius 1 is 1.44 bits per heavy atom. The number of nitrogens with one attached hydrogen (secondary N) is 2. The maximum Gasteiger partial charge on any atom is 0.241 e. The van der Waals surface area contributed by atoms with Gasteiger partial charge in [0, 0.05) is 5.69 Å². The summed E-state index contributed by atoms with van der Waals surface area (Å²) < 4.78 is 13.2. The van der Waals surface area contributed by atoms with Crippen LogP contribution in [0.4, 0.5) is 10.1 Å². The van der Waals surface area contributed by atoms with E-state index in [1.165, 1.54) is 12.1 Å². The van der Waals surface area contributed by atoms with Gasteiger partial charge in [-0.1, -0.05) is 30.1 Å². The van der Waals surface area contributed by atoms with E-state index in [9.17, 15) is 9.18 Å². The summed E-state index contributed by atoms with van der Waals surface area (Å²) in [6, 6.07) is 2.47. The van der Waals surface area contributed by atoms with Crippen molar-refractivity contribution in [1.29, 1.82) is 0 Å². The number of rotatable bonds is 2. The second-order valence-corrected chi connectivity index (χ2v) is 5.26. The zero-order valence-corrected chi connectivity index (χ0v) is 11.3. The maximum absolute atomic E-state index is 13.2. The van der Waals surface area contributed by atoms with Gasteiger partial charge in [0.15, 0.2) is 5.82 Å². The van der Waals surface area contributed by atoms with Crippen molar-refractivity contribution in [3.63, 3.8) is 0 Å². The first-order chi connectivity index (χ1) is 8.49. The molecule has 2 N–H and O–H groups in total. The number of anilines is 1. The van der Waals surface area contributed by atoms with E-state index in [-0.39, 0.29) is 27.9 Å². The molecule has 0 saturated carbocycles. The molecule has 98 valence electrons. The van der Waals surface area contributed by atoms with Gasteiger partial charge < -0.3 is 10.6 Å². The van der Waals surface area contributed by atoms with Crippen LogP contribution in [0.3, 0.4) is 0 Å². The van der Waals surface area contributed by atoms with E-state index >= 15 is 0 Å². The summed E-state index contributed by atoms with van der Waals surface area (Å²) in [6.07, 6.45) is 0.961. The number of carbonyl (C=O) groups excluding carboxylic acids is 1. The number of hydrogen-bond acceptors (Lipinski definition) is 2. The SMILES string of the molecule is CC1CCNC1C(=O)Nc1cc(Cl)c(F)c(Cl)c1. The van der Waals surface area contributed by atoms with E-state index in [1.807, 2.05) is 6.92 Å². The van der Waals surface area contributed by atoms with Gasteiger partial charge in [0.1, 0.15) is 0 Å². The molecule has 0 spiro atoms. The Labute approximate surface area is 115 Å². The molecular formula is C12H13Cl2FN2O. The Bertz CT molecular complexity index is 458. The minimum absolute atomic E-state index is 0.106. The number of halogens is 3. The van der Waals surface area contributed by atoms with Crippen LogP contribution in [0, 0.1) is 11.7 Å². The highest BCUT2D eigenvalue weighted by molar-refractivity contribution is 6.35. The molecule has 1 aliphatic rings. The average molecular weight is 291 g/mol. The fourth-order valence-corrected chi connectivity index (χ4v) is 2.52. The van der Waals surface area contributed by atoms with Gasteiger partial charge >= 0.3 is 0 Å². The summed E-state index contributed by atoms with van der Waals surface area (Å²) in [6.45, 7) is 2.83. The summed E-state index contributed by atoms with van der Waals surface area (Å²) in [7, 11) is 0. The molecule has 2 unspecified atom stereocenters. The molecule has 1 fully saturated rings. The molecule has 2 rings (SSSR count). The number of carbonyl (C=O) groups is 1. The fraction of sp³-hybridized carbons (Fsp3) is 0.417. The molecule has 1 amide bonds. The van der Waals surface area contributed by atoms with Crippen molar-refractivity contribution in [3.8, 4) is 0 Å². The Morgan fingerprint density at radius 3 is 2.56 bits per heavy atom. The molecule has 0 radical (unpaired) electrons. The van der Waals surface area contributed by atoms with E-state index in [1.54, 1.807) is 0 Å². The first kappa shape index (κ1) is 13.6. The van der Waals surface area contributed by atoms with E-state index in [0.717, 1.165) is 13.0 Å². The molecule has 1 aliphatic heterocycles. The first-order valence-electron chi connectivity index (χ1n) is 5.68. The Balaban J connectivity index is 2.12. The standard InChI is InChI=1S/C12H13Cl2FN2O/c1-6-2-3-16-11(6)12(18)17-7-4-8(13)10(15)9(14)5-7/h4-6,11,16H,2-3H2,1H3,(H,17,18). The van der Waals surface area contributed by atoms with Crippen molar-refractivity contribution >= 4 is 34.8 Å². The third-order valence-electron chi connectivity index (χ3n) is 3.07. The molecular weight excluding hydrogens is 278 g/mol. The minimum atomic E-state index is -0.677. The summed E-state index contributed by atoms with van der Waals surface area (Å²) in [5.41, 5.74) is 0.400. The Morgan fingerprint density at radius 2 is 2.06 bits per heavy atom. The highest BCUT2D eigenvalue weighted by Gasteiger charge is 2.29. The molecule has 0 aliphatic carbocycles. The monoisotopic (exact) mass is 290 g/mol. The summed E-state index contributed by atoms with van der Waals surface area (Å²) in [4.78, 5) is 12.0. The molecule has 0 aromatic heterocycles. The van der Waals surface area contributed by atoms with E-state index in [4.69, 9.17) is 23.2 Å². The van der Waals surface area contributed by atoms with Gasteiger partial charge in [-0.05, 0) is 31.0 Å². The van der Waals surface area contributed by atoms with Crippen LogP contribution in [0.1, 0.15) is 13.3 Å². The zero-order valence-electron chi connectivity index (χ0n) is 9.77. The molecule has 1 saturated heterocycles. The first-order valence-corrected chi connectivity index (χ1v) is 6.43. The summed E-state index contributed by atoms with van der Waals surface area (Å²) >= 11 is 11.3. The van der Waals surface area contributed by atoms with Crippen LogP contribution in [-0.4, -0.2) is 18.5 Å². The molecule has 1 aromatic rings. The highest BCUT2D eigenvalue weighted by Crippen LogP contribution is 2.27. The van der Waals surface area contributed by atoms with Crippen LogP contribution >= 0.6 is 23.2 Å². The summed E-state index contributed by atoms with van der Waals surface area (Å²) in [5, 5.41) is 5.59. The highest BCUT2D eigenvalue weighted by atomic mass is 35.5. The molecule has 6 heteroatoms. The van der Waals surface area contributed by atoms with Gasteiger partial charge in [0.2, 0.25) is 5.91 Å². The Hall–Kier alpha value is -0.840. The van der Waals surface area contributed by atoms with Crippen molar-refractivity contribution in [1.82, 2.24) is 5.32 Å². The second-order valence-electron chi connectivity index (χ2n) is 4.44. The lowest BCUT2D eigenvalue weighted by atomic mass is 10.0. The average Bonchev–Trinajstić information content (AvgIpc) is 2.72. The molecule has 0 bridgehead atoms. The summed E-state index contributed by atoms with van der Waals surface area (Å²) in [5.74, 6) is -0.557. The third kappa shape index (κ3) is 2.76. The van der Waals surface area contributed by atoms with Crippen LogP contribution in [0.25, 0.3) is 0 Å². The third-order valence-corrected chi connectivity index (χ3v) is 3.62. The van der Waals surface area contributed by atoms with Gasteiger partial charge in [0.05, 0.1) is 16.1 Å². The molecule has 18 heavy (non-hydrogen) atoms. The van der Waals surface area contributed by atoms with Gasteiger partial charge in [-0.15, -0.1) is 0 Å². The van der Waals surface area contributed by atoms with Crippen LogP contribution in [0.5, 0.6) is 0 Å². The maximum atomic E-state index is 13.2. The van der Waals surface area contributed by atoms with Crippen LogP contribution in [0.2, 0.25) is 10.0 Å². The number of amides is 1. The van der Waals surface area contributed by atoms with Gasteiger partial charge in [-0.3, -0.25) is 4.79 Å². The lowest BCUT2D eigenvalue weighted by Gasteiger charge is -2.15.